The van der Waals surface area contributed by atoms with Crippen LogP contribution in [0.25, 0.3) is 0 Å². The van der Waals surface area contributed by atoms with Crippen LogP contribution in [0.15, 0.2) is 0 Å². The maximum Gasteiger partial charge on any atom is 0.403 e. The van der Waals surface area contributed by atoms with Crippen molar-refractivity contribution in [1.29, 1.82) is 0 Å². The van der Waals surface area contributed by atoms with Crippen LogP contribution >= 0.6 is 7.94 Å². The van der Waals surface area contributed by atoms with Gasteiger partial charge in [-0.2, -0.15) is 14.7 Å². The smallest absolute Gasteiger partial charge is 0.344 e. The number of hydrogen-bond acceptors (Lipinski definition) is 6. The molecule has 6 nitrogen and oxygen atoms in total. The van der Waals surface area contributed by atoms with Gasteiger partial charge < -0.3 is 18.5 Å². The van der Waals surface area contributed by atoms with Crippen molar-refractivity contribution >= 4 is 7.94 Å². The van der Waals surface area contributed by atoms with Crippen LogP contribution in [0.4, 0.5) is 0 Å². The highest BCUT2D eigenvalue weighted by Crippen LogP contribution is 2.43. The lowest BCUT2D eigenvalue weighted by Gasteiger charge is -1.95. The molecule has 0 atom stereocenters. The topological polar surface area (TPSA) is 166 Å². The van der Waals surface area contributed by atoms with E-state index >= 15 is 0 Å². The molecule has 0 aliphatic rings. The summed E-state index contributed by atoms with van der Waals surface area (Å²) in [6.07, 6.45) is 0.0486. The van der Waals surface area contributed by atoms with Gasteiger partial charge in [-0.25, -0.2) is 0 Å². The van der Waals surface area contributed by atoms with E-state index in [1.165, 1.54) is 6.92 Å². The van der Waals surface area contributed by atoms with Crippen LogP contribution in [-0.2, 0) is 0 Å². The molecule has 0 aromatic heterocycles. The highest BCUT2D eigenvalue weighted by molar-refractivity contribution is 7.58. The Labute approximate surface area is 55.2 Å². The van der Waals surface area contributed by atoms with Gasteiger partial charge >= 0.3 is 7.94 Å². The Balaban J connectivity index is -0.0000000417. The molecule has 0 saturated carbocycles. The van der Waals surface area contributed by atoms with Crippen LogP contribution < -0.4 is 18.5 Å². The fourth-order valence-corrected chi connectivity index (χ4v) is 0. The first kappa shape index (κ1) is 22.9. The van der Waals surface area contributed by atoms with E-state index in [1.807, 2.05) is 0 Å². The van der Waals surface area contributed by atoms with Crippen LogP contribution in [0.3, 0.4) is 0 Å². The molecule has 0 spiro atoms. The Kier molecular flexibility index (Phi) is 20.8. The fraction of sp³-hybridized carbons (Fsp3) is 1.00. The molecule has 7 heteroatoms. The molecule has 0 heterocycles. The molecule has 0 aromatic rings. The minimum atomic E-state index is -3.40. The van der Waals surface area contributed by atoms with Gasteiger partial charge in [0, 0.05) is 0 Å². The SMILES string of the molecule is CC[P+](O)(O)O.N.N.N. The molecule has 0 aliphatic carbocycles. The summed E-state index contributed by atoms with van der Waals surface area (Å²) in [5.41, 5.74) is 0. The molecule has 62 valence electrons. The largest absolute Gasteiger partial charge is 0.403 e. The van der Waals surface area contributed by atoms with Gasteiger partial charge in [-0.1, -0.05) is 0 Å². The molecule has 0 aromatic carbocycles. The summed E-state index contributed by atoms with van der Waals surface area (Å²) in [6, 6.07) is 0. The third-order valence-corrected chi connectivity index (χ3v) is 1.27. The fourth-order valence-electron chi connectivity index (χ4n) is 0. The molecule has 12 N–H and O–H groups in total. The lowest BCUT2D eigenvalue weighted by atomic mass is 11.0. The van der Waals surface area contributed by atoms with Crippen molar-refractivity contribution in [3.8, 4) is 0 Å². The Morgan fingerprint density at radius 1 is 1.00 bits per heavy atom. The second kappa shape index (κ2) is 8.19. The quantitative estimate of drug-likeness (QED) is 0.302. The highest BCUT2D eigenvalue weighted by Gasteiger charge is 2.24. The van der Waals surface area contributed by atoms with Crippen molar-refractivity contribution in [2.75, 3.05) is 6.16 Å². The minimum absolute atomic E-state index is 0. The van der Waals surface area contributed by atoms with E-state index in [1.54, 1.807) is 0 Å². The molecule has 0 saturated heterocycles. The van der Waals surface area contributed by atoms with Crippen LogP contribution in [0.5, 0.6) is 0 Å². The molecule has 0 fully saturated rings. The van der Waals surface area contributed by atoms with Crippen molar-refractivity contribution in [3.63, 3.8) is 0 Å². The first-order valence-electron chi connectivity index (χ1n) is 1.62. The van der Waals surface area contributed by atoms with E-state index < -0.39 is 7.94 Å². The number of rotatable bonds is 1. The van der Waals surface area contributed by atoms with Gasteiger partial charge in [-0.3, -0.25) is 0 Å². The molecule has 0 aliphatic heterocycles. The molecule has 0 unspecified atom stereocenters. The van der Waals surface area contributed by atoms with Crippen LogP contribution in [0.2, 0.25) is 0 Å². The second-order valence-corrected chi connectivity index (χ2v) is 3.03. The zero-order valence-corrected chi connectivity index (χ0v) is 6.51. The van der Waals surface area contributed by atoms with Gasteiger partial charge in [-0.05, 0) is 6.92 Å². The lowest BCUT2D eigenvalue weighted by Crippen LogP contribution is -1.88. The molecule has 9 heavy (non-hydrogen) atoms. The summed E-state index contributed by atoms with van der Waals surface area (Å²) < 4.78 is 0. The zero-order chi connectivity index (χ0) is 5.21. The van der Waals surface area contributed by atoms with Gasteiger partial charge in [0.25, 0.3) is 0 Å². The molecule has 0 radical (unpaired) electrons. The second-order valence-electron chi connectivity index (χ2n) is 1.01. The van der Waals surface area contributed by atoms with Crippen molar-refractivity contribution in [1.82, 2.24) is 18.5 Å². The number of hydrogen-bond donors (Lipinski definition) is 6. The Morgan fingerprint density at radius 3 is 1.11 bits per heavy atom. The summed E-state index contributed by atoms with van der Waals surface area (Å²) in [4.78, 5) is 24.1. The van der Waals surface area contributed by atoms with Crippen LogP contribution in [0, 0.1) is 0 Å². The standard InChI is InChI=1S/C2H8O3P.3H3N/c1-2-6(3,4)5;;;/h3-5H,2H2,1H3;3*1H3/q+1;;;. The van der Waals surface area contributed by atoms with Crippen LogP contribution in [-0.4, -0.2) is 20.8 Å². The predicted octanol–water partition coefficient (Wildman–Crippen LogP) is 0.232. The van der Waals surface area contributed by atoms with Crippen molar-refractivity contribution in [3.05, 3.63) is 0 Å². The van der Waals surface area contributed by atoms with Gasteiger partial charge in [0.15, 0.2) is 0 Å². The Morgan fingerprint density at radius 2 is 1.11 bits per heavy atom. The molecule has 0 rings (SSSR count). The maximum absolute atomic E-state index is 8.05. The van der Waals surface area contributed by atoms with Crippen molar-refractivity contribution in [2.45, 2.75) is 6.92 Å². The molecule has 0 bridgehead atoms. The van der Waals surface area contributed by atoms with E-state index in [2.05, 4.69) is 0 Å². The molecule has 0 amide bonds. The Bertz CT molecular complexity index is 46.8. The van der Waals surface area contributed by atoms with E-state index in [0.717, 1.165) is 0 Å². The third kappa shape index (κ3) is 30.8. The first-order valence-corrected chi connectivity index (χ1v) is 3.46. The predicted molar refractivity (Wildman–Crippen MR) is 39.2 cm³/mol. The first-order chi connectivity index (χ1) is 2.56. The van der Waals surface area contributed by atoms with Crippen molar-refractivity contribution in [2.24, 2.45) is 0 Å². The van der Waals surface area contributed by atoms with Gasteiger partial charge in [-0.15, -0.1) is 0 Å². The zero-order valence-electron chi connectivity index (χ0n) is 5.62. The molecular formula is C2H17N3O3P+. The minimum Gasteiger partial charge on any atom is -0.344 e. The third-order valence-electron chi connectivity index (χ3n) is 0.424. The van der Waals surface area contributed by atoms with Gasteiger partial charge in [0.2, 0.25) is 0 Å². The normalized spacial score (nSPS) is 8.00. The highest BCUT2D eigenvalue weighted by atomic mass is 31.2. The van der Waals surface area contributed by atoms with E-state index in [4.69, 9.17) is 14.7 Å². The Hall–Kier alpha value is 0.190. The van der Waals surface area contributed by atoms with Gasteiger partial charge in [0.05, 0.1) is 0 Å². The van der Waals surface area contributed by atoms with Gasteiger partial charge in [0.1, 0.15) is 6.16 Å². The summed E-state index contributed by atoms with van der Waals surface area (Å²) in [5, 5.41) is 0. The summed E-state index contributed by atoms with van der Waals surface area (Å²) in [7, 11) is -3.40. The summed E-state index contributed by atoms with van der Waals surface area (Å²) in [6.45, 7) is 1.51. The summed E-state index contributed by atoms with van der Waals surface area (Å²) in [5.74, 6) is 0. The molecular weight excluding hydrogens is 145 g/mol. The average molecular weight is 162 g/mol. The van der Waals surface area contributed by atoms with Crippen LogP contribution in [0.1, 0.15) is 6.92 Å². The summed E-state index contributed by atoms with van der Waals surface area (Å²) >= 11 is 0. The van der Waals surface area contributed by atoms with E-state index in [9.17, 15) is 0 Å². The van der Waals surface area contributed by atoms with E-state index in [-0.39, 0.29) is 24.6 Å². The van der Waals surface area contributed by atoms with Crippen molar-refractivity contribution < 1.29 is 14.7 Å². The van der Waals surface area contributed by atoms with E-state index in [0.29, 0.717) is 0 Å². The average Bonchev–Trinajstić information content (AvgIpc) is 1.35. The lowest BCUT2D eigenvalue weighted by molar-refractivity contribution is 0.332. The maximum atomic E-state index is 8.05. The monoisotopic (exact) mass is 162 g/mol.